The number of hydrogen-bond donors (Lipinski definition) is 2. The van der Waals surface area contributed by atoms with Crippen molar-refractivity contribution in [2.75, 3.05) is 40.0 Å². The number of furan rings is 1. The predicted octanol–water partition coefficient (Wildman–Crippen LogP) is 1.96. The molecule has 0 amide bonds. The molecule has 0 spiro atoms. The third-order valence-electron chi connectivity index (χ3n) is 4.15. The summed E-state index contributed by atoms with van der Waals surface area (Å²) in [6, 6.07) is 3.90. The van der Waals surface area contributed by atoms with Gasteiger partial charge in [0.05, 0.1) is 18.4 Å². The van der Waals surface area contributed by atoms with Gasteiger partial charge in [-0.15, -0.1) is 0 Å². The van der Waals surface area contributed by atoms with Gasteiger partial charge in [0.15, 0.2) is 5.96 Å². The molecule has 1 saturated heterocycles. The summed E-state index contributed by atoms with van der Waals surface area (Å²) in [7, 11) is 1.77. The fourth-order valence-electron chi connectivity index (χ4n) is 2.57. The van der Waals surface area contributed by atoms with E-state index in [9.17, 15) is 0 Å². The summed E-state index contributed by atoms with van der Waals surface area (Å²) in [5.74, 6) is 1.81. The molecule has 0 unspecified atom stereocenters. The Balaban J connectivity index is 1.87. The van der Waals surface area contributed by atoms with Crippen LogP contribution in [0.25, 0.3) is 0 Å². The average molecular weight is 323 g/mol. The number of ether oxygens (including phenoxy) is 2. The quantitative estimate of drug-likeness (QED) is 0.565. The number of aliphatic imine (C=N–C) groups is 1. The van der Waals surface area contributed by atoms with Crippen LogP contribution in [-0.2, 0) is 15.9 Å². The van der Waals surface area contributed by atoms with E-state index in [0.717, 1.165) is 63.7 Å². The van der Waals surface area contributed by atoms with Crippen LogP contribution in [0.4, 0.5) is 0 Å². The summed E-state index contributed by atoms with van der Waals surface area (Å²) in [5, 5.41) is 6.72. The highest BCUT2D eigenvalue weighted by Crippen LogP contribution is 2.24. The van der Waals surface area contributed by atoms with Crippen molar-refractivity contribution in [1.29, 1.82) is 0 Å². The van der Waals surface area contributed by atoms with Crippen LogP contribution in [-0.4, -0.2) is 51.5 Å². The minimum Gasteiger partial charge on any atom is -0.469 e. The van der Waals surface area contributed by atoms with Crippen LogP contribution in [0.5, 0.6) is 0 Å². The Morgan fingerprint density at radius 2 is 2.09 bits per heavy atom. The molecule has 0 radical (unpaired) electrons. The normalized spacial score (nSPS) is 17.9. The Kier molecular flexibility index (Phi) is 7.42. The molecule has 1 aromatic rings. The molecule has 1 fully saturated rings. The smallest absolute Gasteiger partial charge is 0.191 e. The molecule has 1 aliphatic rings. The maximum absolute atomic E-state index is 5.74. The number of rotatable bonds is 8. The highest BCUT2D eigenvalue weighted by atomic mass is 16.5. The van der Waals surface area contributed by atoms with Crippen molar-refractivity contribution >= 4 is 5.96 Å². The highest BCUT2D eigenvalue weighted by molar-refractivity contribution is 5.79. The van der Waals surface area contributed by atoms with Crippen LogP contribution < -0.4 is 10.6 Å². The number of methoxy groups -OCH3 is 1. The van der Waals surface area contributed by atoms with Crippen LogP contribution in [0.15, 0.2) is 27.8 Å². The van der Waals surface area contributed by atoms with Crippen molar-refractivity contribution in [1.82, 2.24) is 10.6 Å². The lowest BCUT2D eigenvalue weighted by Gasteiger charge is -2.34. The third kappa shape index (κ3) is 5.88. The molecule has 2 N–H and O–H groups in total. The summed E-state index contributed by atoms with van der Waals surface area (Å²) in [5.41, 5.74) is -0.194. The average Bonchev–Trinajstić information content (AvgIpc) is 3.11. The topological polar surface area (TPSA) is 68.0 Å². The van der Waals surface area contributed by atoms with Gasteiger partial charge in [0.2, 0.25) is 0 Å². The molecule has 2 rings (SSSR count). The molecule has 130 valence electrons. The summed E-state index contributed by atoms with van der Waals surface area (Å²) in [6.45, 7) is 5.96. The first-order chi connectivity index (χ1) is 11.3. The lowest BCUT2D eigenvalue weighted by Crippen LogP contribution is -2.44. The van der Waals surface area contributed by atoms with Crippen LogP contribution in [0.2, 0.25) is 0 Å². The maximum Gasteiger partial charge on any atom is 0.191 e. The van der Waals surface area contributed by atoms with Crippen molar-refractivity contribution in [3.63, 3.8) is 0 Å². The minimum atomic E-state index is -0.194. The molecular formula is C17H29N3O3. The van der Waals surface area contributed by atoms with Gasteiger partial charge in [-0.2, -0.15) is 0 Å². The lowest BCUT2D eigenvalue weighted by molar-refractivity contribution is -0.0828. The second-order valence-corrected chi connectivity index (χ2v) is 5.85. The van der Waals surface area contributed by atoms with Crippen LogP contribution in [0.3, 0.4) is 0 Å². The van der Waals surface area contributed by atoms with E-state index in [-0.39, 0.29) is 5.60 Å². The van der Waals surface area contributed by atoms with Crippen LogP contribution in [0.1, 0.15) is 31.9 Å². The molecule has 0 aliphatic carbocycles. The van der Waals surface area contributed by atoms with E-state index in [2.05, 4.69) is 17.6 Å². The zero-order chi connectivity index (χ0) is 16.4. The molecule has 0 saturated carbocycles. The van der Waals surface area contributed by atoms with E-state index in [1.165, 1.54) is 0 Å². The van der Waals surface area contributed by atoms with Gasteiger partial charge < -0.3 is 24.5 Å². The monoisotopic (exact) mass is 323 g/mol. The molecule has 2 heterocycles. The van der Waals surface area contributed by atoms with E-state index in [1.807, 2.05) is 12.1 Å². The zero-order valence-electron chi connectivity index (χ0n) is 14.3. The lowest BCUT2D eigenvalue weighted by atomic mass is 9.94. The fourth-order valence-corrected chi connectivity index (χ4v) is 2.57. The Hall–Kier alpha value is -1.53. The molecule has 0 atom stereocenters. The van der Waals surface area contributed by atoms with Crippen molar-refractivity contribution < 1.29 is 13.9 Å². The first-order valence-corrected chi connectivity index (χ1v) is 8.45. The first-order valence-electron chi connectivity index (χ1n) is 8.45. The van der Waals surface area contributed by atoms with Crippen molar-refractivity contribution in [3.05, 3.63) is 24.2 Å². The van der Waals surface area contributed by atoms with E-state index in [1.54, 1.807) is 13.4 Å². The number of hydrogen-bond acceptors (Lipinski definition) is 4. The van der Waals surface area contributed by atoms with Gasteiger partial charge in [-0.1, -0.05) is 6.92 Å². The van der Waals surface area contributed by atoms with E-state index < -0.39 is 0 Å². The van der Waals surface area contributed by atoms with Crippen LogP contribution >= 0.6 is 0 Å². The van der Waals surface area contributed by atoms with Gasteiger partial charge in [-0.25, -0.2) is 0 Å². The summed E-state index contributed by atoms with van der Waals surface area (Å²) in [6.07, 6.45) is 5.37. The van der Waals surface area contributed by atoms with Gasteiger partial charge in [0, 0.05) is 52.7 Å². The standard InChI is InChI=1S/C17H29N3O3/c1-3-9-18-16(19-10-6-15-5-4-11-23-15)20-14-17(21-2)7-12-22-13-8-17/h4-5,11H,3,6-10,12-14H2,1-2H3,(H2,18,19,20). The van der Waals surface area contributed by atoms with Crippen molar-refractivity contribution in [2.24, 2.45) is 4.99 Å². The summed E-state index contributed by atoms with van der Waals surface area (Å²) < 4.78 is 16.5. The molecule has 1 aromatic heterocycles. The number of nitrogens with one attached hydrogen (secondary N) is 2. The molecule has 23 heavy (non-hydrogen) atoms. The van der Waals surface area contributed by atoms with E-state index in [0.29, 0.717) is 6.54 Å². The fraction of sp³-hybridized carbons (Fsp3) is 0.706. The van der Waals surface area contributed by atoms with Gasteiger partial charge in [0.25, 0.3) is 0 Å². The second-order valence-electron chi connectivity index (χ2n) is 5.85. The summed E-state index contributed by atoms with van der Waals surface area (Å²) >= 11 is 0. The molecule has 0 bridgehead atoms. The summed E-state index contributed by atoms with van der Waals surface area (Å²) in [4.78, 5) is 4.73. The molecular weight excluding hydrogens is 294 g/mol. The first kappa shape index (κ1) is 17.8. The van der Waals surface area contributed by atoms with E-state index in [4.69, 9.17) is 18.9 Å². The molecule has 1 aliphatic heterocycles. The Morgan fingerprint density at radius 1 is 1.30 bits per heavy atom. The Bertz CT molecular complexity index is 454. The van der Waals surface area contributed by atoms with Gasteiger partial charge in [0.1, 0.15) is 5.76 Å². The number of nitrogens with zero attached hydrogens (tertiary/aromatic N) is 1. The Labute approximate surface area is 138 Å². The van der Waals surface area contributed by atoms with Crippen molar-refractivity contribution in [2.45, 2.75) is 38.2 Å². The molecule has 6 nitrogen and oxygen atoms in total. The number of guanidine groups is 1. The van der Waals surface area contributed by atoms with E-state index >= 15 is 0 Å². The predicted molar refractivity (Wildman–Crippen MR) is 90.8 cm³/mol. The Morgan fingerprint density at radius 3 is 2.74 bits per heavy atom. The second kappa shape index (κ2) is 9.57. The maximum atomic E-state index is 5.74. The van der Waals surface area contributed by atoms with Gasteiger partial charge >= 0.3 is 0 Å². The highest BCUT2D eigenvalue weighted by Gasteiger charge is 2.32. The van der Waals surface area contributed by atoms with Gasteiger partial charge in [-0.05, 0) is 18.6 Å². The largest absolute Gasteiger partial charge is 0.469 e. The van der Waals surface area contributed by atoms with Crippen molar-refractivity contribution in [3.8, 4) is 0 Å². The molecule has 0 aromatic carbocycles. The van der Waals surface area contributed by atoms with Gasteiger partial charge in [-0.3, -0.25) is 4.99 Å². The zero-order valence-corrected chi connectivity index (χ0v) is 14.3. The molecule has 6 heteroatoms. The minimum absolute atomic E-state index is 0.194. The SMILES string of the molecule is CCCNC(=NCC1(OC)CCOCC1)NCCc1ccco1. The third-order valence-corrected chi connectivity index (χ3v) is 4.15. The van der Waals surface area contributed by atoms with Crippen LogP contribution in [0, 0.1) is 0 Å².